The first kappa shape index (κ1) is 11.4. The van der Waals surface area contributed by atoms with E-state index in [4.69, 9.17) is 4.42 Å². The van der Waals surface area contributed by atoms with Crippen molar-refractivity contribution in [3.63, 3.8) is 0 Å². The number of hydrogen-bond acceptors (Lipinski definition) is 3. The van der Waals surface area contributed by atoms with Crippen LogP contribution in [0.2, 0.25) is 0 Å². The van der Waals surface area contributed by atoms with Crippen LogP contribution in [-0.4, -0.2) is 22.0 Å². The molecule has 90 valence electrons. The minimum Gasteiger partial charge on any atom is -0.456 e. The lowest BCUT2D eigenvalue weighted by Gasteiger charge is -2.03. The molecule has 5 nitrogen and oxygen atoms in total. The lowest BCUT2D eigenvalue weighted by Crippen LogP contribution is -2.25. The van der Waals surface area contributed by atoms with E-state index in [1.807, 2.05) is 18.5 Å². The Morgan fingerprint density at radius 1 is 1.53 bits per heavy atom. The summed E-state index contributed by atoms with van der Waals surface area (Å²) in [6.45, 7) is 2.38. The third kappa shape index (κ3) is 2.75. The summed E-state index contributed by atoms with van der Waals surface area (Å²) >= 11 is 0. The maximum absolute atomic E-state index is 11.6. The van der Waals surface area contributed by atoms with E-state index in [0.717, 1.165) is 17.9 Å². The highest BCUT2D eigenvalue weighted by atomic mass is 16.3. The molecule has 0 fully saturated rings. The Balaban J connectivity index is 1.83. The highest BCUT2D eigenvalue weighted by Crippen LogP contribution is 2.05. The number of aryl methyl sites for hydroxylation is 2. The standard InChI is InChI=1S/C12H15N3O2/c1-9-3-4-11(17-9)12(16)14-6-5-10-7-13-8-15(10)2/h3-4,7-8H,5-6H2,1-2H3,(H,14,16). The Hall–Kier alpha value is -2.04. The molecule has 0 bridgehead atoms. The van der Waals surface area contributed by atoms with Crippen molar-refractivity contribution in [2.24, 2.45) is 7.05 Å². The zero-order valence-corrected chi connectivity index (χ0v) is 9.93. The molecule has 1 N–H and O–H groups in total. The van der Waals surface area contributed by atoms with Crippen LogP contribution in [0.5, 0.6) is 0 Å². The number of amides is 1. The van der Waals surface area contributed by atoms with E-state index in [1.165, 1.54) is 0 Å². The highest BCUT2D eigenvalue weighted by molar-refractivity contribution is 5.91. The molecule has 17 heavy (non-hydrogen) atoms. The molecule has 0 unspecified atom stereocenters. The van der Waals surface area contributed by atoms with Gasteiger partial charge in [-0.3, -0.25) is 4.79 Å². The first-order valence-corrected chi connectivity index (χ1v) is 5.46. The number of imidazole rings is 1. The van der Waals surface area contributed by atoms with E-state index in [9.17, 15) is 4.79 Å². The van der Waals surface area contributed by atoms with Crippen molar-refractivity contribution in [2.45, 2.75) is 13.3 Å². The molecule has 0 aromatic carbocycles. The molecule has 0 aliphatic heterocycles. The van der Waals surface area contributed by atoms with Crippen LogP contribution in [0.3, 0.4) is 0 Å². The second-order valence-electron chi connectivity index (χ2n) is 3.91. The van der Waals surface area contributed by atoms with Gasteiger partial charge in [0.1, 0.15) is 5.76 Å². The van der Waals surface area contributed by atoms with Gasteiger partial charge >= 0.3 is 0 Å². The van der Waals surface area contributed by atoms with Crippen LogP contribution in [0.1, 0.15) is 22.0 Å². The monoisotopic (exact) mass is 233 g/mol. The zero-order chi connectivity index (χ0) is 12.3. The molecule has 5 heteroatoms. The molecule has 2 rings (SSSR count). The first-order chi connectivity index (χ1) is 8.16. The molecule has 2 heterocycles. The number of carbonyl (C=O) groups is 1. The number of rotatable bonds is 4. The molecule has 0 aliphatic carbocycles. The molecule has 1 amide bonds. The SMILES string of the molecule is Cc1ccc(C(=O)NCCc2cncn2C)o1. The van der Waals surface area contributed by atoms with Crippen molar-refractivity contribution in [3.8, 4) is 0 Å². The van der Waals surface area contributed by atoms with Gasteiger partial charge in [0.15, 0.2) is 5.76 Å². The average Bonchev–Trinajstić information content (AvgIpc) is 2.88. The molecule has 0 radical (unpaired) electrons. The van der Waals surface area contributed by atoms with Crippen LogP contribution < -0.4 is 5.32 Å². The van der Waals surface area contributed by atoms with E-state index in [0.29, 0.717) is 12.3 Å². The van der Waals surface area contributed by atoms with Crippen LogP contribution in [0.4, 0.5) is 0 Å². The van der Waals surface area contributed by atoms with Crippen LogP contribution in [0.25, 0.3) is 0 Å². The predicted molar refractivity (Wildman–Crippen MR) is 62.7 cm³/mol. The van der Waals surface area contributed by atoms with E-state index >= 15 is 0 Å². The molecule has 2 aromatic rings. The highest BCUT2D eigenvalue weighted by Gasteiger charge is 2.09. The summed E-state index contributed by atoms with van der Waals surface area (Å²) in [6, 6.07) is 3.45. The lowest BCUT2D eigenvalue weighted by molar-refractivity contribution is 0.0925. The third-order valence-corrected chi connectivity index (χ3v) is 2.55. The van der Waals surface area contributed by atoms with Gasteiger partial charge in [0.2, 0.25) is 0 Å². The minimum absolute atomic E-state index is 0.180. The maximum atomic E-state index is 11.6. The summed E-state index contributed by atoms with van der Waals surface area (Å²) in [5.74, 6) is 0.912. The molecule has 0 saturated heterocycles. The smallest absolute Gasteiger partial charge is 0.287 e. The van der Waals surface area contributed by atoms with Gasteiger partial charge in [-0.1, -0.05) is 0 Å². The molecular formula is C12H15N3O2. The fraction of sp³-hybridized carbons (Fsp3) is 0.333. The summed E-state index contributed by atoms with van der Waals surface area (Å²) in [7, 11) is 1.93. The number of carbonyl (C=O) groups excluding carboxylic acids is 1. The van der Waals surface area contributed by atoms with E-state index in [-0.39, 0.29) is 5.91 Å². The summed E-state index contributed by atoms with van der Waals surface area (Å²) in [5.41, 5.74) is 1.08. The number of aromatic nitrogens is 2. The lowest BCUT2D eigenvalue weighted by atomic mass is 10.3. The van der Waals surface area contributed by atoms with Crippen molar-refractivity contribution in [3.05, 3.63) is 41.9 Å². The Labute approximate surface area is 99.5 Å². The largest absolute Gasteiger partial charge is 0.456 e. The van der Waals surface area contributed by atoms with Gasteiger partial charge in [-0.2, -0.15) is 0 Å². The Morgan fingerprint density at radius 2 is 2.35 bits per heavy atom. The van der Waals surface area contributed by atoms with Gasteiger partial charge in [-0.05, 0) is 19.1 Å². The van der Waals surface area contributed by atoms with E-state index in [1.54, 1.807) is 24.7 Å². The van der Waals surface area contributed by atoms with Gasteiger partial charge in [0, 0.05) is 31.9 Å². The molecular weight excluding hydrogens is 218 g/mol. The van der Waals surface area contributed by atoms with Crippen molar-refractivity contribution in [1.29, 1.82) is 0 Å². The predicted octanol–water partition coefficient (Wildman–Crippen LogP) is 1.29. The fourth-order valence-corrected chi connectivity index (χ4v) is 1.57. The molecule has 0 atom stereocenters. The number of furan rings is 1. The average molecular weight is 233 g/mol. The van der Waals surface area contributed by atoms with Gasteiger partial charge < -0.3 is 14.3 Å². The normalized spacial score (nSPS) is 10.5. The summed E-state index contributed by atoms with van der Waals surface area (Å²) in [5, 5.41) is 2.80. The summed E-state index contributed by atoms with van der Waals surface area (Å²) in [6.07, 6.45) is 4.29. The second-order valence-corrected chi connectivity index (χ2v) is 3.91. The number of nitrogens with zero attached hydrogens (tertiary/aromatic N) is 2. The van der Waals surface area contributed by atoms with Crippen molar-refractivity contribution >= 4 is 5.91 Å². The molecule has 0 saturated carbocycles. The van der Waals surface area contributed by atoms with E-state index < -0.39 is 0 Å². The topological polar surface area (TPSA) is 60.1 Å². The quantitative estimate of drug-likeness (QED) is 0.865. The number of hydrogen-bond donors (Lipinski definition) is 1. The van der Waals surface area contributed by atoms with Crippen molar-refractivity contribution in [1.82, 2.24) is 14.9 Å². The van der Waals surface area contributed by atoms with Crippen LogP contribution in [-0.2, 0) is 13.5 Å². The number of nitrogens with one attached hydrogen (secondary N) is 1. The molecule has 0 aliphatic rings. The van der Waals surface area contributed by atoms with Crippen LogP contribution in [0, 0.1) is 6.92 Å². The zero-order valence-electron chi connectivity index (χ0n) is 9.93. The van der Waals surface area contributed by atoms with Gasteiger partial charge in [0.25, 0.3) is 5.91 Å². The maximum Gasteiger partial charge on any atom is 0.287 e. The Kier molecular flexibility index (Phi) is 3.27. The van der Waals surface area contributed by atoms with Gasteiger partial charge in [0.05, 0.1) is 6.33 Å². The van der Waals surface area contributed by atoms with E-state index in [2.05, 4.69) is 10.3 Å². The first-order valence-electron chi connectivity index (χ1n) is 5.46. The third-order valence-electron chi connectivity index (χ3n) is 2.55. The minimum atomic E-state index is -0.180. The Morgan fingerprint density at radius 3 is 2.94 bits per heavy atom. The van der Waals surface area contributed by atoms with Crippen LogP contribution in [0.15, 0.2) is 29.1 Å². The molecule has 2 aromatic heterocycles. The van der Waals surface area contributed by atoms with Gasteiger partial charge in [-0.25, -0.2) is 4.98 Å². The van der Waals surface area contributed by atoms with Gasteiger partial charge in [-0.15, -0.1) is 0 Å². The van der Waals surface area contributed by atoms with Crippen molar-refractivity contribution in [2.75, 3.05) is 6.54 Å². The summed E-state index contributed by atoms with van der Waals surface area (Å²) in [4.78, 5) is 15.7. The van der Waals surface area contributed by atoms with Crippen molar-refractivity contribution < 1.29 is 9.21 Å². The summed E-state index contributed by atoms with van der Waals surface area (Å²) < 4.78 is 7.16. The second kappa shape index (κ2) is 4.86. The fourth-order valence-electron chi connectivity index (χ4n) is 1.57. The van der Waals surface area contributed by atoms with Crippen LogP contribution >= 0.6 is 0 Å². The Bertz CT molecular complexity index is 513. The molecule has 0 spiro atoms.